The standard InChI is InChI=1S/C21H26N2O7S/c1-15-13-18(10-11-19(15)29-12-4-5-21(25)26)31(27,28)22-16-6-8-17(9-7-16)30-14-20(24)23(2)3/h6-11,13,22H,4-5,12,14H2,1-3H3,(H,25,26). The molecule has 10 heteroatoms. The number of hydrogen-bond acceptors (Lipinski definition) is 6. The van der Waals surface area contributed by atoms with Crippen LogP contribution in [0, 0.1) is 6.92 Å². The molecule has 2 N–H and O–H groups in total. The topological polar surface area (TPSA) is 122 Å². The summed E-state index contributed by atoms with van der Waals surface area (Å²) in [5.74, 6) is -0.138. The average Bonchev–Trinajstić information content (AvgIpc) is 2.70. The van der Waals surface area contributed by atoms with Crippen molar-refractivity contribution in [1.82, 2.24) is 4.90 Å². The molecular formula is C21H26N2O7S. The maximum atomic E-state index is 12.7. The van der Waals surface area contributed by atoms with Crippen LogP contribution in [0.4, 0.5) is 5.69 Å². The third-order valence-electron chi connectivity index (χ3n) is 4.22. The number of carboxylic acid groups (broad SMARTS) is 1. The highest BCUT2D eigenvalue weighted by molar-refractivity contribution is 7.92. The Kier molecular flexibility index (Phi) is 8.26. The molecule has 0 saturated carbocycles. The molecular weight excluding hydrogens is 424 g/mol. The summed E-state index contributed by atoms with van der Waals surface area (Å²) >= 11 is 0. The first-order valence-electron chi connectivity index (χ1n) is 9.49. The number of aryl methyl sites for hydroxylation is 1. The Hall–Kier alpha value is -3.27. The fourth-order valence-corrected chi connectivity index (χ4v) is 3.61. The van der Waals surface area contributed by atoms with Crippen molar-refractivity contribution < 1.29 is 32.6 Å². The number of carbonyl (C=O) groups excluding carboxylic acids is 1. The van der Waals surface area contributed by atoms with Gasteiger partial charge in [-0.1, -0.05) is 0 Å². The molecule has 2 aromatic rings. The summed E-state index contributed by atoms with van der Waals surface area (Å²) in [4.78, 5) is 23.6. The number of benzene rings is 2. The molecule has 0 aromatic heterocycles. The molecule has 0 heterocycles. The molecule has 0 unspecified atom stereocenters. The third-order valence-corrected chi connectivity index (χ3v) is 5.60. The van der Waals surface area contributed by atoms with Crippen LogP contribution in [0.5, 0.6) is 11.5 Å². The lowest BCUT2D eigenvalue weighted by atomic mass is 10.2. The average molecular weight is 451 g/mol. The van der Waals surface area contributed by atoms with Crippen LogP contribution in [0.25, 0.3) is 0 Å². The van der Waals surface area contributed by atoms with Crippen LogP contribution in [0.1, 0.15) is 18.4 Å². The van der Waals surface area contributed by atoms with Crippen LogP contribution in [0.3, 0.4) is 0 Å². The highest BCUT2D eigenvalue weighted by Gasteiger charge is 2.16. The van der Waals surface area contributed by atoms with Gasteiger partial charge in [0.15, 0.2) is 6.61 Å². The van der Waals surface area contributed by atoms with E-state index in [0.717, 1.165) is 0 Å². The van der Waals surface area contributed by atoms with Crippen LogP contribution in [0.15, 0.2) is 47.4 Å². The Bertz CT molecular complexity index is 1020. The molecule has 0 aliphatic carbocycles. The van der Waals surface area contributed by atoms with Gasteiger partial charge >= 0.3 is 5.97 Å². The van der Waals surface area contributed by atoms with Crippen LogP contribution in [0.2, 0.25) is 0 Å². The number of sulfonamides is 1. The number of amides is 1. The zero-order valence-electron chi connectivity index (χ0n) is 17.6. The molecule has 9 nitrogen and oxygen atoms in total. The minimum atomic E-state index is -3.82. The number of carboxylic acids is 1. The highest BCUT2D eigenvalue weighted by Crippen LogP contribution is 2.24. The van der Waals surface area contributed by atoms with E-state index in [-0.39, 0.29) is 30.4 Å². The monoisotopic (exact) mass is 450 g/mol. The number of nitrogens with zero attached hydrogens (tertiary/aromatic N) is 1. The van der Waals surface area contributed by atoms with Gasteiger partial charge in [0, 0.05) is 26.2 Å². The van der Waals surface area contributed by atoms with Gasteiger partial charge in [0.1, 0.15) is 11.5 Å². The Balaban J connectivity index is 1.99. The number of ether oxygens (including phenoxy) is 2. The van der Waals surface area contributed by atoms with E-state index in [0.29, 0.717) is 29.2 Å². The van der Waals surface area contributed by atoms with Crippen molar-refractivity contribution in [3.63, 3.8) is 0 Å². The van der Waals surface area contributed by atoms with Gasteiger partial charge in [0.05, 0.1) is 11.5 Å². The summed E-state index contributed by atoms with van der Waals surface area (Å²) in [5, 5.41) is 8.64. The Morgan fingerprint density at radius 1 is 1.06 bits per heavy atom. The fourth-order valence-electron chi connectivity index (χ4n) is 2.46. The molecule has 1 amide bonds. The van der Waals surface area contributed by atoms with E-state index in [4.69, 9.17) is 14.6 Å². The predicted molar refractivity (Wildman–Crippen MR) is 115 cm³/mol. The van der Waals surface area contributed by atoms with E-state index >= 15 is 0 Å². The Morgan fingerprint density at radius 2 is 1.74 bits per heavy atom. The SMILES string of the molecule is Cc1cc(S(=O)(=O)Nc2ccc(OCC(=O)N(C)C)cc2)ccc1OCCCC(=O)O. The number of anilines is 1. The van der Waals surface area contributed by atoms with E-state index in [9.17, 15) is 18.0 Å². The van der Waals surface area contributed by atoms with Gasteiger partial charge in [-0.3, -0.25) is 14.3 Å². The van der Waals surface area contributed by atoms with Crippen LogP contribution in [-0.2, 0) is 19.6 Å². The van der Waals surface area contributed by atoms with Gasteiger partial charge in [-0.2, -0.15) is 0 Å². The van der Waals surface area contributed by atoms with Crippen LogP contribution >= 0.6 is 0 Å². The lowest BCUT2D eigenvalue weighted by molar-refractivity contribution is -0.137. The van der Waals surface area contributed by atoms with Gasteiger partial charge in [-0.05, 0) is 61.4 Å². The second-order valence-corrected chi connectivity index (χ2v) is 8.66. The summed E-state index contributed by atoms with van der Waals surface area (Å²) in [5.41, 5.74) is 0.963. The number of hydrogen-bond donors (Lipinski definition) is 2. The van der Waals surface area contributed by atoms with Gasteiger partial charge < -0.3 is 19.5 Å². The Labute approximate surface area is 181 Å². The zero-order chi connectivity index (χ0) is 23.0. The summed E-state index contributed by atoms with van der Waals surface area (Å²) in [7, 11) is -0.567. The molecule has 0 fully saturated rings. The summed E-state index contributed by atoms with van der Waals surface area (Å²) in [6.45, 7) is 1.83. The van der Waals surface area contributed by atoms with E-state index in [2.05, 4.69) is 4.72 Å². The van der Waals surface area contributed by atoms with Gasteiger partial charge in [-0.25, -0.2) is 8.42 Å². The lowest BCUT2D eigenvalue weighted by Gasteiger charge is -2.13. The first kappa shape index (κ1) is 24.0. The first-order valence-corrected chi connectivity index (χ1v) is 11.0. The second kappa shape index (κ2) is 10.7. The predicted octanol–water partition coefficient (Wildman–Crippen LogP) is 2.51. The van der Waals surface area contributed by atoms with Crippen molar-refractivity contribution >= 4 is 27.6 Å². The molecule has 0 aliphatic rings. The fraction of sp³-hybridized carbons (Fsp3) is 0.333. The summed E-state index contributed by atoms with van der Waals surface area (Å²) in [6, 6.07) is 10.7. The van der Waals surface area contributed by atoms with Crippen molar-refractivity contribution in [2.24, 2.45) is 0 Å². The van der Waals surface area contributed by atoms with Crippen molar-refractivity contribution in [3.05, 3.63) is 48.0 Å². The molecule has 0 aliphatic heterocycles. The Morgan fingerprint density at radius 3 is 2.32 bits per heavy atom. The third kappa shape index (κ3) is 7.49. The number of rotatable bonds is 11. The van der Waals surface area contributed by atoms with Crippen LogP contribution in [-0.4, -0.2) is 57.6 Å². The largest absolute Gasteiger partial charge is 0.493 e. The number of nitrogens with one attached hydrogen (secondary N) is 1. The maximum absolute atomic E-state index is 12.7. The minimum Gasteiger partial charge on any atom is -0.493 e. The molecule has 2 aromatic carbocycles. The van der Waals surface area contributed by atoms with Crippen molar-refractivity contribution in [1.29, 1.82) is 0 Å². The van der Waals surface area contributed by atoms with E-state index in [1.807, 2.05) is 0 Å². The van der Waals surface area contributed by atoms with Gasteiger partial charge in [0.2, 0.25) is 0 Å². The number of likely N-dealkylation sites (N-methyl/N-ethyl adjacent to an activating group) is 1. The van der Waals surface area contributed by atoms with E-state index in [1.165, 1.54) is 17.0 Å². The quantitative estimate of drug-likeness (QED) is 0.504. The smallest absolute Gasteiger partial charge is 0.303 e. The zero-order valence-corrected chi connectivity index (χ0v) is 18.4. The number of aliphatic carboxylic acids is 1. The van der Waals surface area contributed by atoms with Gasteiger partial charge in [0.25, 0.3) is 15.9 Å². The molecule has 31 heavy (non-hydrogen) atoms. The normalized spacial score (nSPS) is 10.9. The van der Waals surface area contributed by atoms with E-state index < -0.39 is 16.0 Å². The first-order chi connectivity index (χ1) is 14.6. The molecule has 2 rings (SSSR count). The molecule has 168 valence electrons. The highest BCUT2D eigenvalue weighted by atomic mass is 32.2. The summed E-state index contributed by atoms with van der Waals surface area (Å²) < 4.78 is 38.7. The number of carbonyl (C=O) groups is 2. The lowest BCUT2D eigenvalue weighted by Crippen LogP contribution is -2.27. The van der Waals surface area contributed by atoms with E-state index in [1.54, 1.807) is 51.4 Å². The van der Waals surface area contributed by atoms with Gasteiger partial charge in [-0.15, -0.1) is 0 Å². The van der Waals surface area contributed by atoms with Crippen molar-refractivity contribution in [2.45, 2.75) is 24.7 Å². The molecule has 0 saturated heterocycles. The minimum absolute atomic E-state index is 0.00518. The maximum Gasteiger partial charge on any atom is 0.303 e. The van der Waals surface area contributed by atoms with Crippen molar-refractivity contribution in [2.75, 3.05) is 32.0 Å². The molecule has 0 spiro atoms. The molecule has 0 bridgehead atoms. The van der Waals surface area contributed by atoms with Crippen LogP contribution < -0.4 is 14.2 Å². The second-order valence-electron chi connectivity index (χ2n) is 6.98. The summed E-state index contributed by atoms with van der Waals surface area (Å²) in [6.07, 6.45) is 0.366. The molecule has 0 radical (unpaired) electrons. The van der Waals surface area contributed by atoms with Crippen molar-refractivity contribution in [3.8, 4) is 11.5 Å². The molecule has 0 atom stereocenters.